The summed E-state index contributed by atoms with van der Waals surface area (Å²) >= 11 is 5.53. The molecule has 0 radical (unpaired) electrons. The smallest absolute Gasteiger partial charge is 0.309 e. The fourth-order valence-corrected chi connectivity index (χ4v) is 11.0. The number of carbonyl (C=O) groups excluding carboxylic acids is 1. The van der Waals surface area contributed by atoms with Crippen LogP contribution < -0.4 is 10.6 Å². The Kier molecular flexibility index (Phi) is 19.6. The van der Waals surface area contributed by atoms with Crippen LogP contribution in [0.15, 0.2) is 18.2 Å². The molecule has 18 atom stereocenters. The Balaban J connectivity index is 1.76. The average molecular weight is 943 g/mol. The first-order valence-corrected chi connectivity index (χ1v) is 24.0. The fourth-order valence-electron chi connectivity index (χ4n) is 10.8. The zero-order valence-electron chi connectivity index (χ0n) is 41.4. The molecule has 3 saturated heterocycles. The first kappa shape index (κ1) is 55.5. The van der Waals surface area contributed by atoms with Gasteiger partial charge in [-0.25, -0.2) is 4.39 Å². The number of anilines is 1. The number of aliphatic hydroxyl groups is 5. The Morgan fingerprint density at radius 3 is 2.31 bits per heavy atom. The van der Waals surface area contributed by atoms with Crippen LogP contribution in [-0.4, -0.2) is 171 Å². The van der Waals surface area contributed by atoms with E-state index in [9.17, 15) is 34.7 Å². The van der Waals surface area contributed by atoms with Gasteiger partial charge in [0.25, 0.3) is 0 Å². The normalized spacial score (nSPS) is 41.9. The quantitative estimate of drug-likeness (QED) is 0.0939. The van der Waals surface area contributed by atoms with Gasteiger partial charge in [-0.3, -0.25) is 9.69 Å². The second-order valence-corrected chi connectivity index (χ2v) is 20.9. The van der Waals surface area contributed by atoms with E-state index in [1.165, 1.54) is 26.2 Å². The second-order valence-electron chi connectivity index (χ2n) is 20.5. The predicted molar refractivity (Wildman–Crippen MR) is 252 cm³/mol. The molecular formula is C48H83FN4O11S. The number of rotatable bonds is 11. The van der Waals surface area contributed by atoms with Crippen LogP contribution in [0.5, 0.6) is 0 Å². The third-order valence-corrected chi connectivity index (χ3v) is 15.0. The van der Waals surface area contributed by atoms with Crippen molar-refractivity contribution in [1.29, 1.82) is 0 Å². The van der Waals surface area contributed by atoms with E-state index in [4.69, 9.17) is 35.9 Å². The zero-order valence-corrected chi connectivity index (χ0v) is 42.2. The number of thiocarbonyl (C=S) groups is 1. The van der Waals surface area contributed by atoms with E-state index in [2.05, 4.69) is 15.5 Å². The molecule has 65 heavy (non-hydrogen) atoms. The molecule has 0 bridgehead atoms. The van der Waals surface area contributed by atoms with Gasteiger partial charge in [-0.05, 0) is 130 Å². The minimum atomic E-state index is -1.89. The summed E-state index contributed by atoms with van der Waals surface area (Å²) in [7, 11) is 5.30. The molecule has 0 aromatic heterocycles. The van der Waals surface area contributed by atoms with E-state index in [0.717, 1.165) is 5.56 Å². The molecule has 0 saturated carbocycles. The molecule has 1 unspecified atom stereocenters. The van der Waals surface area contributed by atoms with Gasteiger partial charge in [-0.2, -0.15) is 0 Å². The van der Waals surface area contributed by atoms with Crippen molar-refractivity contribution in [2.24, 2.45) is 23.7 Å². The number of methoxy groups -OCH3 is 1. The summed E-state index contributed by atoms with van der Waals surface area (Å²) in [5.41, 5.74) is -3.16. The standard InChI is InChI=1S/C48H83FN4O11S/c1-15-37-48(11,59)40(55)31(7)53(20-16-19-50-45(65)51-34-22-33(49)18-17-27(34)3)25-26(2)23-46(9,58)42(64-44-39(54)35(52(12)13)21-28(4)61-44)29(5)38(30(6)43(57)63-37)36-24-47(10,60-14)41(56)32(8)62-36/h17-18,22,26,28-32,35-42,44,54-56,58-59H,15-16,19-21,23-25H2,1-14H3,(H2,50,51,65)/t26-,28-,29+,30-,31-,32+,35+,36?,37-,38+,39-,40-,41+,42-,44+,46-,47-,48-/m1/s1. The van der Waals surface area contributed by atoms with Crippen LogP contribution in [-0.2, 0) is 28.5 Å². The highest BCUT2D eigenvalue weighted by atomic mass is 32.1. The number of aryl methyl sites for hydroxylation is 1. The minimum Gasteiger partial charge on any atom is -0.459 e. The highest BCUT2D eigenvalue weighted by Gasteiger charge is 2.55. The Morgan fingerprint density at radius 2 is 1.69 bits per heavy atom. The van der Waals surface area contributed by atoms with Crippen LogP contribution in [0.2, 0.25) is 0 Å². The molecule has 0 amide bonds. The first-order chi connectivity index (χ1) is 30.2. The number of nitrogens with zero attached hydrogens (tertiary/aromatic N) is 2. The molecule has 3 aliphatic rings. The summed E-state index contributed by atoms with van der Waals surface area (Å²) in [6, 6.07) is 3.48. The lowest BCUT2D eigenvalue weighted by molar-refractivity contribution is -0.302. The Morgan fingerprint density at radius 1 is 1.03 bits per heavy atom. The van der Waals surface area contributed by atoms with Gasteiger partial charge < -0.3 is 64.8 Å². The van der Waals surface area contributed by atoms with Crippen molar-refractivity contribution in [3.8, 4) is 0 Å². The molecule has 4 rings (SSSR count). The number of carbonyl (C=O) groups is 1. The maximum absolute atomic E-state index is 14.7. The molecular weight excluding hydrogens is 860 g/mol. The highest BCUT2D eigenvalue weighted by Crippen LogP contribution is 2.45. The van der Waals surface area contributed by atoms with Crippen molar-refractivity contribution >= 4 is 29.0 Å². The summed E-state index contributed by atoms with van der Waals surface area (Å²) in [6.07, 6.45) is -6.73. The average Bonchev–Trinajstić information content (AvgIpc) is 3.22. The third-order valence-electron chi connectivity index (χ3n) is 14.7. The molecule has 7 N–H and O–H groups in total. The molecule has 15 nitrogen and oxygen atoms in total. The molecule has 3 fully saturated rings. The van der Waals surface area contributed by atoms with Gasteiger partial charge in [0.1, 0.15) is 35.8 Å². The van der Waals surface area contributed by atoms with Crippen LogP contribution >= 0.6 is 12.2 Å². The van der Waals surface area contributed by atoms with Crippen LogP contribution in [0.1, 0.15) is 107 Å². The Bertz CT molecular complexity index is 1710. The number of esters is 1. The van der Waals surface area contributed by atoms with Gasteiger partial charge in [-0.1, -0.05) is 33.8 Å². The van der Waals surface area contributed by atoms with Gasteiger partial charge in [0.2, 0.25) is 0 Å². The van der Waals surface area contributed by atoms with Gasteiger partial charge >= 0.3 is 5.97 Å². The van der Waals surface area contributed by atoms with E-state index in [-0.39, 0.29) is 43.1 Å². The number of benzene rings is 1. The molecule has 374 valence electrons. The molecule has 1 aromatic rings. The molecule has 0 spiro atoms. The number of nitrogens with one attached hydrogen (secondary N) is 2. The molecule has 1 aromatic carbocycles. The number of hydrogen-bond donors (Lipinski definition) is 7. The summed E-state index contributed by atoms with van der Waals surface area (Å²) in [5, 5.41) is 66.8. The number of hydrogen-bond acceptors (Lipinski definition) is 14. The lowest BCUT2D eigenvalue weighted by Gasteiger charge is -2.51. The van der Waals surface area contributed by atoms with Crippen LogP contribution in [0.3, 0.4) is 0 Å². The number of aliphatic hydroxyl groups excluding tert-OH is 3. The van der Waals surface area contributed by atoms with Crippen molar-refractivity contribution in [3.63, 3.8) is 0 Å². The fraction of sp³-hybridized carbons (Fsp3) is 0.833. The summed E-state index contributed by atoms with van der Waals surface area (Å²) in [4.78, 5) is 18.7. The lowest BCUT2D eigenvalue weighted by atomic mass is 9.68. The Hall–Kier alpha value is -2.13. The molecule has 3 aliphatic heterocycles. The van der Waals surface area contributed by atoms with Gasteiger partial charge in [0.05, 0.1) is 41.5 Å². The lowest BCUT2D eigenvalue weighted by Crippen LogP contribution is -2.61. The predicted octanol–water partition coefficient (Wildman–Crippen LogP) is 4.37. The van der Waals surface area contributed by atoms with Crippen molar-refractivity contribution in [3.05, 3.63) is 29.6 Å². The van der Waals surface area contributed by atoms with Gasteiger partial charge in [-0.15, -0.1) is 0 Å². The van der Waals surface area contributed by atoms with Crippen molar-refractivity contribution < 1.29 is 58.4 Å². The minimum absolute atomic E-state index is 0.187. The van der Waals surface area contributed by atoms with Crippen LogP contribution in [0.4, 0.5) is 10.1 Å². The van der Waals surface area contributed by atoms with Crippen molar-refractivity contribution in [1.82, 2.24) is 15.1 Å². The summed E-state index contributed by atoms with van der Waals surface area (Å²) in [5.74, 6) is -3.60. The first-order valence-electron chi connectivity index (χ1n) is 23.6. The monoisotopic (exact) mass is 943 g/mol. The van der Waals surface area contributed by atoms with E-state index in [1.54, 1.807) is 40.7 Å². The van der Waals surface area contributed by atoms with E-state index in [1.807, 2.05) is 53.6 Å². The summed E-state index contributed by atoms with van der Waals surface area (Å²) < 4.78 is 45.9. The zero-order chi connectivity index (χ0) is 48.9. The van der Waals surface area contributed by atoms with Crippen molar-refractivity contribution in [2.45, 2.75) is 192 Å². The largest absolute Gasteiger partial charge is 0.459 e. The van der Waals surface area contributed by atoms with E-state index in [0.29, 0.717) is 43.3 Å². The number of halogens is 1. The molecule has 3 heterocycles. The highest BCUT2D eigenvalue weighted by molar-refractivity contribution is 7.80. The molecule has 17 heteroatoms. The Labute approximate surface area is 393 Å². The number of cyclic esters (lactones) is 1. The summed E-state index contributed by atoms with van der Waals surface area (Å²) in [6.45, 7) is 21.0. The molecule has 0 aliphatic carbocycles. The second kappa shape index (κ2) is 23.0. The van der Waals surface area contributed by atoms with E-state index >= 15 is 0 Å². The van der Waals surface area contributed by atoms with Crippen LogP contribution in [0.25, 0.3) is 0 Å². The third kappa shape index (κ3) is 13.4. The maximum atomic E-state index is 14.7. The van der Waals surface area contributed by atoms with Crippen molar-refractivity contribution in [2.75, 3.05) is 46.2 Å². The maximum Gasteiger partial charge on any atom is 0.309 e. The van der Waals surface area contributed by atoms with Gasteiger partial charge in [0, 0.05) is 56.9 Å². The van der Waals surface area contributed by atoms with Gasteiger partial charge in [0.15, 0.2) is 11.4 Å². The topological polar surface area (TPSA) is 195 Å². The van der Waals surface area contributed by atoms with E-state index < -0.39 is 95.6 Å². The number of likely N-dealkylation sites (N-methyl/N-ethyl adjacent to an activating group) is 1. The SMILES string of the molecule is CC[C@H]1OC(=O)[C@H](C)[C@@H](C2C[C@@](C)(OC)[C@@H](O)[C@H](C)O2)[C@H](C)[C@@H](O[C@@H]2O[C@H](C)C[C@H](N(C)C)[C@H]2O)[C@](C)(O)C[C@@H](C)CN(CCCNC(=S)Nc2cc(F)ccc2C)[C@H](C)[C@@H](O)[C@]1(C)O. The van der Waals surface area contributed by atoms with Crippen LogP contribution in [0, 0.1) is 36.4 Å². The number of ether oxygens (including phenoxy) is 5.